The highest BCUT2D eigenvalue weighted by Crippen LogP contribution is 2.26. The Morgan fingerprint density at radius 1 is 0.500 bits per heavy atom. The van der Waals surface area contributed by atoms with Crippen molar-refractivity contribution in [2.24, 2.45) is 0 Å². The second-order valence-corrected chi connectivity index (χ2v) is 17.3. The molecule has 0 amide bonds. The van der Waals surface area contributed by atoms with Crippen molar-refractivity contribution in [3.05, 3.63) is 12.2 Å². The second-order valence-electron chi connectivity index (χ2n) is 17.3. The van der Waals surface area contributed by atoms with Crippen LogP contribution in [0.5, 0.6) is 0 Å². The molecule has 62 heavy (non-hydrogen) atoms. The van der Waals surface area contributed by atoms with Crippen molar-refractivity contribution in [1.82, 2.24) is 0 Å². The molecule has 364 valence electrons. The Morgan fingerprint density at radius 3 is 1.42 bits per heavy atom. The van der Waals surface area contributed by atoms with Gasteiger partial charge in [0.2, 0.25) is 0 Å². The van der Waals surface area contributed by atoms with E-state index in [1.807, 2.05) is 0 Å². The molecule has 0 bridgehead atoms. The molecule has 7 N–H and O–H groups in total. The molecule has 0 aromatic carbocycles. The summed E-state index contributed by atoms with van der Waals surface area (Å²) in [5.41, 5.74) is 0. The van der Waals surface area contributed by atoms with Gasteiger partial charge in [-0.25, -0.2) is 0 Å². The maximum absolute atomic E-state index is 13.0. The molecule has 11 atom stereocenters. The molecule has 0 spiro atoms. The molecule has 2 aliphatic heterocycles. The molecule has 15 heteroatoms. The number of aliphatic hydroxyl groups excluding tert-OH is 7. The first kappa shape index (κ1) is 56.4. The fourth-order valence-corrected chi connectivity index (χ4v) is 7.68. The molecule has 0 radical (unpaired) electrons. The number of hydrogen-bond acceptors (Lipinski definition) is 15. The molecule has 11 unspecified atom stereocenters. The fourth-order valence-electron chi connectivity index (χ4n) is 7.68. The zero-order valence-electron chi connectivity index (χ0n) is 38.1. The monoisotopic (exact) mass is 891 g/mol. The SMILES string of the molecule is CCCCCCCC/C=C\CCCCCCCCCC(=O)OC(COC(=O)CCCCCCCCCCC)COC1OC(COC2OC(CO)C(O)C(O)C2O)C(O)C(O)C1O. The summed E-state index contributed by atoms with van der Waals surface area (Å²) in [7, 11) is 0. The molecule has 2 fully saturated rings. The lowest BCUT2D eigenvalue weighted by atomic mass is 9.98. The Morgan fingerprint density at radius 2 is 0.919 bits per heavy atom. The van der Waals surface area contributed by atoms with E-state index in [-0.39, 0.29) is 26.1 Å². The predicted octanol–water partition coefficient (Wildman–Crippen LogP) is 5.82. The van der Waals surface area contributed by atoms with E-state index < -0.39 is 92.7 Å². The van der Waals surface area contributed by atoms with Crippen LogP contribution in [-0.4, -0.2) is 142 Å². The average molecular weight is 891 g/mol. The van der Waals surface area contributed by atoms with Crippen LogP contribution in [-0.2, 0) is 38.0 Å². The summed E-state index contributed by atoms with van der Waals surface area (Å²) in [6.07, 6.45) is 15.4. The Balaban J connectivity index is 1.81. The third-order valence-electron chi connectivity index (χ3n) is 11.7. The minimum Gasteiger partial charge on any atom is -0.462 e. The largest absolute Gasteiger partial charge is 0.462 e. The van der Waals surface area contributed by atoms with Gasteiger partial charge < -0.3 is 64.2 Å². The van der Waals surface area contributed by atoms with Crippen LogP contribution in [0.1, 0.15) is 181 Å². The maximum Gasteiger partial charge on any atom is 0.306 e. The third-order valence-corrected chi connectivity index (χ3v) is 11.7. The van der Waals surface area contributed by atoms with Crippen LogP contribution in [0.4, 0.5) is 0 Å². The normalized spacial score (nSPS) is 27.1. The van der Waals surface area contributed by atoms with Crippen molar-refractivity contribution in [3.8, 4) is 0 Å². The van der Waals surface area contributed by atoms with E-state index in [1.54, 1.807) is 0 Å². The Bertz CT molecular complexity index is 1140. The van der Waals surface area contributed by atoms with Gasteiger partial charge in [0, 0.05) is 12.8 Å². The smallest absolute Gasteiger partial charge is 0.306 e. The number of esters is 2. The van der Waals surface area contributed by atoms with Gasteiger partial charge in [-0.2, -0.15) is 0 Å². The maximum atomic E-state index is 13.0. The molecular weight excluding hydrogens is 805 g/mol. The van der Waals surface area contributed by atoms with E-state index in [1.165, 1.54) is 89.9 Å². The highest BCUT2D eigenvalue weighted by atomic mass is 16.7. The molecule has 0 aromatic rings. The Labute approximate surface area is 371 Å². The van der Waals surface area contributed by atoms with E-state index >= 15 is 0 Å². The van der Waals surface area contributed by atoms with Gasteiger partial charge in [0.15, 0.2) is 18.7 Å². The molecule has 2 saturated heterocycles. The third kappa shape index (κ3) is 24.0. The number of aliphatic hydroxyl groups is 7. The minimum atomic E-state index is -1.76. The standard InChI is InChI=1S/C47H86O15/c1-3-5-7-9-11-13-14-15-16-17-18-19-20-22-24-26-28-30-39(50)60-35(32-57-38(49)29-27-25-23-21-12-10-8-6-4-2)33-58-46-45(56)43(54)41(52)37(62-46)34-59-47-44(55)42(53)40(51)36(31-48)61-47/h15-16,35-37,40-48,51-56H,3-14,17-34H2,1-2H3/b16-15-. The summed E-state index contributed by atoms with van der Waals surface area (Å²) in [4.78, 5) is 25.6. The van der Waals surface area contributed by atoms with Crippen molar-refractivity contribution in [2.75, 3.05) is 26.4 Å². The van der Waals surface area contributed by atoms with Crippen LogP contribution in [0.2, 0.25) is 0 Å². The van der Waals surface area contributed by atoms with Crippen LogP contribution in [0, 0.1) is 0 Å². The van der Waals surface area contributed by atoms with E-state index in [0.29, 0.717) is 12.8 Å². The highest BCUT2D eigenvalue weighted by molar-refractivity contribution is 5.70. The number of carbonyl (C=O) groups is 2. The summed E-state index contributed by atoms with van der Waals surface area (Å²) in [6.45, 7) is 2.56. The zero-order chi connectivity index (χ0) is 45.4. The van der Waals surface area contributed by atoms with Crippen molar-refractivity contribution >= 4 is 11.9 Å². The van der Waals surface area contributed by atoms with E-state index in [2.05, 4.69) is 26.0 Å². The number of unbranched alkanes of at least 4 members (excludes halogenated alkanes) is 21. The van der Waals surface area contributed by atoms with E-state index in [0.717, 1.165) is 51.4 Å². The molecule has 15 nitrogen and oxygen atoms in total. The first-order valence-corrected chi connectivity index (χ1v) is 24.3. The summed E-state index contributed by atoms with van der Waals surface area (Å²) >= 11 is 0. The second kappa shape index (κ2) is 35.5. The summed E-state index contributed by atoms with van der Waals surface area (Å²) in [6, 6.07) is 0. The lowest BCUT2D eigenvalue weighted by Crippen LogP contribution is -2.61. The van der Waals surface area contributed by atoms with Crippen molar-refractivity contribution < 1.29 is 73.8 Å². The quantitative estimate of drug-likeness (QED) is 0.0221. The summed E-state index contributed by atoms with van der Waals surface area (Å²) in [5.74, 6) is -0.927. The van der Waals surface area contributed by atoms with Crippen molar-refractivity contribution in [2.45, 2.75) is 248 Å². The minimum absolute atomic E-state index is 0.164. The molecule has 0 saturated carbocycles. The molecule has 0 aliphatic carbocycles. The van der Waals surface area contributed by atoms with Gasteiger partial charge in [-0.3, -0.25) is 9.59 Å². The first-order chi connectivity index (χ1) is 30.0. The number of carbonyl (C=O) groups excluding carboxylic acids is 2. The van der Waals surface area contributed by atoms with Gasteiger partial charge in [-0.05, 0) is 38.5 Å². The van der Waals surface area contributed by atoms with Gasteiger partial charge in [-0.1, -0.05) is 142 Å². The van der Waals surface area contributed by atoms with Crippen LogP contribution in [0.15, 0.2) is 12.2 Å². The molecule has 2 aliphatic rings. The highest BCUT2D eigenvalue weighted by Gasteiger charge is 2.47. The molecule has 2 heterocycles. The lowest BCUT2D eigenvalue weighted by molar-refractivity contribution is -0.332. The number of rotatable bonds is 37. The van der Waals surface area contributed by atoms with Gasteiger partial charge in [0.1, 0.15) is 55.4 Å². The van der Waals surface area contributed by atoms with Gasteiger partial charge in [-0.15, -0.1) is 0 Å². The molecule has 0 aromatic heterocycles. The van der Waals surface area contributed by atoms with Crippen LogP contribution < -0.4 is 0 Å². The Hall–Kier alpha value is -1.76. The Kier molecular flexibility index (Phi) is 32.3. The van der Waals surface area contributed by atoms with Gasteiger partial charge in [0.25, 0.3) is 0 Å². The average Bonchev–Trinajstić information content (AvgIpc) is 3.26. The lowest BCUT2D eigenvalue weighted by Gasteiger charge is -2.42. The van der Waals surface area contributed by atoms with Crippen LogP contribution in [0.3, 0.4) is 0 Å². The van der Waals surface area contributed by atoms with Gasteiger partial charge in [0.05, 0.1) is 19.8 Å². The van der Waals surface area contributed by atoms with Crippen molar-refractivity contribution in [1.29, 1.82) is 0 Å². The van der Waals surface area contributed by atoms with Gasteiger partial charge >= 0.3 is 11.9 Å². The van der Waals surface area contributed by atoms with Crippen LogP contribution >= 0.6 is 0 Å². The topological polar surface area (TPSA) is 231 Å². The predicted molar refractivity (Wildman–Crippen MR) is 234 cm³/mol. The number of allylic oxidation sites excluding steroid dienone is 2. The molecule has 2 rings (SSSR count). The van der Waals surface area contributed by atoms with Crippen molar-refractivity contribution in [3.63, 3.8) is 0 Å². The fraction of sp³-hybridized carbons (Fsp3) is 0.915. The van der Waals surface area contributed by atoms with E-state index in [9.17, 15) is 45.3 Å². The van der Waals surface area contributed by atoms with Crippen LogP contribution in [0.25, 0.3) is 0 Å². The number of hydrogen-bond donors (Lipinski definition) is 7. The summed E-state index contributed by atoms with van der Waals surface area (Å²) in [5, 5.41) is 71.9. The summed E-state index contributed by atoms with van der Waals surface area (Å²) < 4.78 is 33.5. The zero-order valence-corrected chi connectivity index (χ0v) is 38.1. The number of ether oxygens (including phenoxy) is 6. The van der Waals surface area contributed by atoms with E-state index in [4.69, 9.17) is 28.4 Å². The molecular formula is C47H86O15. The first-order valence-electron chi connectivity index (χ1n) is 24.3.